The van der Waals surface area contributed by atoms with Gasteiger partial charge < -0.3 is 29.7 Å². The van der Waals surface area contributed by atoms with Gasteiger partial charge in [0.05, 0.1) is 35.0 Å². The molecule has 0 fully saturated rings. The van der Waals surface area contributed by atoms with Crippen molar-refractivity contribution in [1.29, 1.82) is 0 Å². The van der Waals surface area contributed by atoms with Gasteiger partial charge in [0.25, 0.3) is 0 Å². The quantitative estimate of drug-likeness (QED) is 0.120. The molecule has 3 N–H and O–H groups in total. The van der Waals surface area contributed by atoms with Gasteiger partial charge in [-0.15, -0.1) is 0 Å². The zero-order valence-corrected chi connectivity index (χ0v) is 39.3. The molecule has 3 unspecified atom stereocenters. The maximum Gasteiger partial charge on any atom is 0.303 e. The number of hydrogen-bond donors (Lipinski definition) is 3. The summed E-state index contributed by atoms with van der Waals surface area (Å²) in [6.45, 7) is 28.5. The van der Waals surface area contributed by atoms with Crippen molar-refractivity contribution < 1.29 is 19.1 Å². The lowest BCUT2D eigenvalue weighted by atomic mass is 10.0. The van der Waals surface area contributed by atoms with Gasteiger partial charge in [0, 0.05) is 54.2 Å². The SMILES string of the molecule is CC.CC(=O)OC(C)(C)C.CC(C)(C)C.CCCCC(C)C1NC=C(c2ccc3c(c2)OC(c2ccccc2)n2c-3cc3cc(-c4cnc(N(CCC)C(C)=O)[nH]4)ccc32)N1. The predicted molar refractivity (Wildman–Crippen MR) is 253 cm³/mol. The van der Waals surface area contributed by atoms with Crippen LogP contribution >= 0.6 is 0 Å². The van der Waals surface area contributed by atoms with Crippen molar-refractivity contribution in [2.45, 2.75) is 141 Å². The average molecular weight is 833 g/mol. The molecule has 1 amide bonds. The number of H-pyrrole nitrogens is 1. The van der Waals surface area contributed by atoms with Crippen LogP contribution in [-0.4, -0.2) is 44.7 Å². The van der Waals surface area contributed by atoms with Crippen molar-refractivity contribution in [2.24, 2.45) is 11.3 Å². The standard InChI is InChI=1S/C38H42N6O2.C6H12O2.C5H12.C2H6/c1-5-7-11-24(3)36-39-22-31(41-36)28-14-16-30-34-20-29-19-27(32-23-40-38(42-32)43(18-6-2)25(4)45)15-17-33(29)44(34)37(46-35(30)21-28)26-12-9-8-10-13-26;1-5(7)8-6(2,3)4;1-5(2,3)4;1-2/h8-10,12-17,19-24,36-37,39,41H,5-7,11,18H2,1-4H3,(H,40,42);1-4H3;1-4H3;1-2H3. The first kappa shape index (κ1) is 48.2. The number of hydrogen-bond acceptors (Lipinski definition) is 7. The predicted octanol–water partition coefficient (Wildman–Crippen LogP) is 12.5. The van der Waals surface area contributed by atoms with E-state index in [0.29, 0.717) is 23.8 Å². The molecule has 0 saturated carbocycles. The number of esters is 1. The van der Waals surface area contributed by atoms with Crippen LogP contribution in [0.3, 0.4) is 0 Å². The fourth-order valence-electron chi connectivity index (χ4n) is 7.12. The molecule has 10 heteroatoms. The molecule has 2 aromatic heterocycles. The minimum absolute atomic E-state index is 0.0234. The summed E-state index contributed by atoms with van der Waals surface area (Å²) in [6, 6.07) is 25.6. The smallest absolute Gasteiger partial charge is 0.303 e. The zero-order valence-electron chi connectivity index (χ0n) is 39.3. The fourth-order valence-corrected chi connectivity index (χ4v) is 7.12. The summed E-state index contributed by atoms with van der Waals surface area (Å²) in [7, 11) is 0. The maximum atomic E-state index is 12.2. The number of amides is 1. The van der Waals surface area contributed by atoms with Gasteiger partial charge in [0.15, 0.2) is 0 Å². The number of carbonyl (C=O) groups excluding carboxylic acids is 2. The van der Waals surface area contributed by atoms with Crippen molar-refractivity contribution in [1.82, 2.24) is 25.2 Å². The molecule has 0 saturated heterocycles. The second kappa shape index (κ2) is 21.3. The van der Waals surface area contributed by atoms with E-state index in [9.17, 15) is 9.59 Å². The summed E-state index contributed by atoms with van der Waals surface area (Å²) in [5, 5.41) is 8.37. The van der Waals surface area contributed by atoms with Crippen LogP contribution in [0.2, 0.25) is 0 Å². The second-order valence-corrected chi connectivity index (χ2v) is 18.2. The average Bonchev–Trinajstić information content (AvgIpc) is 3.98. The number of nitrogens with one attached hydrogen (secondary N) is 3. The normalized spacial score (nSPS) is 15.6. The molecule has 330 valence electrons. The molecular formula is C51H72N6O4. The van der Waals surface area contributed by atoms with Crippen molar-refractivity contribution in [3.8, 4) is 28.3 Å². The Bertz CT molecular complexity index is 2220. The third-order valence-corrected chi connectivity index (χ3v) is 9.67. The summed E-state index contributed by atoms with van der Waals surface area (Å²) in [5.41, 5.74) is 8.60. The molecule has 2 aliphatic heterocycles. The Labute approximate surface area is 365 Å². The van der Waals surface area contributed by atoms with E-state index in [1.165, 1.54) is 26.2 Å². The number of ether oxygens (including phenoxy) is 2. The van der Waals surface area contributed by atoms with Gasteiger partial charge in [-0.2, -0.15) is 0 Å². The van der Waals surface area contributed by atoms with Crippen molar-refractivity contribution >= 4 is 34.4 Å². The highest BCUT2D eigenvalue weighted by Gasteiger charge is 2.30. The van der Waals surface area contributed by atoms with Crippen LogP contribution in [0.5, 0.6) is 5.75 Å². The van der Waals surface area contributed by atoms with Gasteiger partial charge in [-0.05, 0) is 75.3 Å². The lowest BCUT2D eigenvalue weighted by molar-refractivity contribution is -0.151. The molecule has 0 spiro atoms. The van der Waals surface area contributed by atoms with Crippen LogP contribution in [0, 0.1) is 11.3 Å². The molecule has 3 atom stereocenters. The second-order valence-electron chi connectivity index (χ2n) is 18.2. The Morgan fingerprint density at radius 1 is 0.902 bits per heavy atom. The summed E-state index contributed by atoms with van der Waals surface area (Å²) in [4.78, 5) is 32.1. The number of carbonyl (C=O) groups is 2. The fraction of sp³-hybridized carbons (Fsp3) is 0.471. The Balaban J connectivity index is 0.000000472. The van der Waals surface area contributed by atoms with E-state index in [2.05, 4.69) is 147 Å². The third-order valence-electron chi connectivity index (χ3n) is 9.67. The van der Waals surface area contributed by atoms with Gasteiger partial charge in [-0.3, -0.25) is 14.5 Å². The van der Waals surface area contributed by atoms with E-state index < -0.39 is 0 Å². The Morgan fingerprint density at radius 2 is 1.57 bits per heavy atom. The Hall–Kier alpha value is -5.51. The molecule has 10 nitrogen and oxygen atoms in total. The van der Waals surface area contributed by atoms with Gasteiger partial charge in [0.1, 0.15) is 11.4 Å². The first-order valence-electron chi connectivity index (χ1n) is 22.1. The molecular weight excluding hydrogens is 761 g/mol. The number of fused-ring (bicyclic) bond motifs is 5. The minimum Gasteiger partial charge on any atom is -0.465 e. The Morgan fingerprint density at radius 3 is 2.16 bits per heavy atom. The summed E-state index contributed by atoms with van der Waals surface area (Å²) < 4.78 is 14.0. The first-order chi connectivity index (χ1) is 28.9. The number of aromatic nitrogens is 3. The van der Waals surface area contributed by atoms with Crippen molar-refractivity contribution in [3.63, 3.8) is 0 Å². The number of imidazole rings is 1. The van der Waals surface area contributed by atoms with E-state index >= 15 is 0 Å². The number of nitrogens with zero attached hydrogens (tertiary/aromatic N) is 3. The van der Waals surface area contributed by atoms with E-state index in [1.54, 1.807) is 18.0 Å². The number of unbranched alkanes of at least 4 members (excludes halogenated alkanes) is 1. The maximum absolute atomic E-state index is 12.2. The highest BCUT2D eigenvalue weighted by atomic mass is 16.6. The number of rotatable bonds is 10. The van der Waals surface area contributed by atoms with Crippen molar-refractivity contribution in [2.75, 3.05) is 11.4 Å². The largest absolute Gasteiger partial charge is 0.465 e. The Kier molecular flexibility index (Phi) is 16.8. The molecule has 3 aromatic carbocycles. The number of aromatic amines is 1. The van der Waals surface area contributed by atoms with Gasteiger partial charge in [0.2, 0.25) is 18.1 Å². The molecule has 0 bridgehead atoms. The molecule has 2 aliphatic rings. The van der Waals surface area contributed by atoms with E-state index in [1.807, 2.05) is 40.7 Å². The zero-order chi connectivity index (χ0) is 45.1. The lowest BCUT2D eigenvalue weighted by Crippen LogP contribution is -2.38. The number of benzene rings is 3. The molecule has 7 rings (SSSR count). The van der Waals surface area contributed by atoms with Gasteiger partial charge in [-0.25, -0.2) is 4.98 Å². The molecule has 4 heterocycles. The van der Waals surface area contributed by atoms with Crippen LogP contribution in [0.1, 0.15) is 140 Å². The summed E-state index contributed by atoms with van der Waals surface area (Å²) in [5.74, 6) is 1.72. The van der Waals surface area contributed by atoms with Crippen LogP contribution in [0.15, 0.2) is 85.2 Å². The first-order valence-corrected chi connectivity index (χ1v) is 22.1. The highest BCUT2D eigenvalue weighted by Crippen LogP contribution is 2.45. The van der Waals surface area contributed by atoms with Crippen LogP contribution < -0.4 is 20.3 Å². The lowest BCUT2D eigenvalue weighted by Gasteiger charge is -2.30. The van der Waals surface area contributed by atoms with E-state index in [0.717, 1.165) is 62.4 Å². The van der Waals surface area contributed by atoms with Crippen LogP contribution in [0.4, 0.5) is 5.95 Å². The molecule has 0 aliphatic carbocycles. The molecule has 0 radical (unpaired) electrons. The molecule has 5 aromatic rings. The summed E-state index contributed by atoms with van der Waals surface area (Å²) in [6.07, 6.45) is 8.32. The topological polar surface area (TPSA) is 114 Å². The molecule has 61 heavy (non-hydrogen) atoms. The minimum atomic E-state index is -0.328. The third kappa shape index (κ3) is 13.2. The monoisotopic (exact) mass is 833 g/mol. The van der Waals surface area contributed by atoms with E-state index in [-0.39, 0.29) is 29.9 Å². The van der Waals surface area contributed by atoms with Gasteiger partial charge in [-0.1, -0.05) is 118 Å². The summed E-state index contributed by atoms with van der Waals surface area (Å²) >= 11 is 0. The van der Waals surface area contributed by atoms with Gasteiger partial charge >= 0.3 is 5.97 Å². The van der Waals surface area contributed by atoms with Crippen molar-refractivity contribution in [3.05, 3.63) is 96.3 Å². The number of anilines is 1. The van der Waals surface area contributed by atoms with Crippen LogP contribution in [0.25, 0.3) is 39.1 Å². The van der Waals surface area contributed by atoms with E-state index in [4.69, 9.17) is 9.47 Å². The van der Waals surface area contributed by atoms with Crippen LogP contribution in [-0.2, 0) is 14.3 Å². The highest BCUT2D eigenvalue weighted by molar-refractivity contribution is 5.93.